The molecule has 58 heavy (non-hydrogen) atoms. The van der Waals surface area contributed by atoms with Gasteiger partial charge in [0.1, 0.15) is 6.10 Å². The first-order valence-corrected chi connectivity index (χ1v) is 24.2. The Kier molecular flexibility index (Phi) is 34.0. The fraction of sp³-hybridized carbons (Fsp3) is 0.917. The van der Waals surface area contributed by atoms with Gasteiger partial charge >= 0.3 is 17.9 Å². The minimum Gasteiger partial charge on any atom is -0.456 e. The second-order valence-electron chi connectivity index (χ2n) is 17.1. The molecule has 0 radical (unpaired) electrons. The minimum atomic E-state index is -1.27. The highest BCUT2D eigenvalue weighted by Crippen LogP contribution is 2.32. The van der Waals surface area contributed by atoms with Crippen molar-refractivity contribution in [3.8, 4) is 0 Å². The van der Waals surface area contributed by atoms with Crippen LogP contribution in [-0.4, -0.2) is 77.6 Å². The molecule has 1 aliphatic heterocycles. The molecule has 0 saturated carbocycles. The highest BCUT2D eigenvalue weighted by atomic mass is 16.7. The maximum Gasteiger partial charge on any atom is 0.303 e. The predicted octanol–water partition coefficient (Wildman–Crippen LogP) is 11.9. The van der Waals surface area contributed by atoms with Gasteiger partial charge in [0.2, 0.25) is 5.91 Å². The Morgan fingerprint density at radius 2 is 0.759 bits per heavy atom. The average Bonchev–Trinajstić information content (AvgIpc) is 3.18. The number of amides is 1. The number of hydrogen-bond donors (Lipinski definition) is 1. The molecule has 0 aliphatic carbocycles. The first-order valence-electron chi connectivity index (χ1n) is 24.2. The van der Waals surface area contributed by atoms with Gasteiger partial charge in [-0.1, -0.05) is 200 Å². The van der Waals surface area contributed by atoms with Crippen LogP contribution in [0, 0.1) is 0 Å². The van der Waals surface area contributed by atoms with Crippen LogP contribution in [0.15, 0.2) is 0 Å². The Balaban J connectivity index is 2.73. The molecule has 0 unspecified atom stereocenters. The van der Waals surface area contributed by atoms with Crippen molar-refractivity contribution in [1.29, 1.82) is 0 Å². The van der Waals surface area contributed by atoms with Crippen molar-refractivity contribution in [1.82, 2.24) is 4.90 Å². The number of aliphatic hydroxyl groups is 1. The van der Waals surface area contributed by atoms with Gasteiger partial charge in [-0.3, -0.25) is 19.2 Å². The molecule has 340 valence electrons. The molecule has 1 saturated heterocycles. The van der Waals surface area contributed by atoms with Gasteiger partial charge < -0.3 is 29.0 Å². The number of nitrogens with zero attached hydrogens (tertiary/aromatic N) is 1. The molecular weight excluding hydrogens is 735 g/mol. The van der Waals surface area contributed by atoms with Crippen LogP contribution in [0.5, 0.6) is 0 Å². The van der Waals surface area contributed by atoms with E-state index in [1.165, 1.54) is 168 Å². The molecule has 0 aromatic carbocycles. The number of ether oxygens (including phenoxy) is 4. The van der Waals surface area contributed by atoms with E-state index in [9.17, 15) is 24.3 Å². The van der Waals surface area contributed by atoms with Crippen molar-refractivity contribution in [2.24, 2.45) is 0 Å². The number of carbonyl (C=O) groups is 4. The monoisotopic (exact) mass is 824 g/mol. The molecule has 1 rings (SSSR count). The third-order valence-electron chi connectivity index (χ3n) is 11.6. The van der Waals surface area contributed by atoms with Gasteiger partial charge in [-0.25, -0.2) is 0 Å². The summed E-state index contributed by atoms with van der Waals surface area (Å²) in [6, 6.07) is 0. The lowest BCUT2D eigenvalue weighted by molar-refractivity contribution is -0.275. The minimum absolute atomic E-state index is 0.137. The van der Waals surface area contributed by atoms with Crippen molar-refractivity contribution in [2.45, 2.75) is 271 Å². The van der Waals surface area contributed by atoms with Crippen molar-refractivity contribution in [2.75, 3.05) is 13.2 Å². The molecule has 5 atom stereocenters. The quantitative estimate of drug-likeness (QED) is 0.0367. The third-order valence-corrected chi connectivity index (χ3v) is 11.6. The van der Waals surface area contributed by atoms with E-state index in [2.05, 4.69) is 13.8 Å². The molecule has 1 fully saturated rings. The van der Waals surface area contributed by atoms with E-state index in [1.54, 1.807) is 4.90 Å². The van der Waals surface area contributed by atoms with E-state index < -0.39 is 55.2 Å². The van der Waals surface area contributed by atoms with Crippen LogP contribution >= 0.6 is 0 Å². The highest BCUT2D eigenvalue weighted by Gasteiger charge is 2.54. The SMILES string of the molecule is CCCCCCCCCCCCCCCCCCN(C(=O)CCCCCCCCCCCCCCCCC)[C@@H]1O[C@H](CO)[C@@H](OC(C)=O)[C@H](OC(C)=O)[C@H]1OC(C)=O. The second kappa shape index (κ2) is 36.6. The zero-order valence-electron chi connectivity index (χ0n) is 38.1. The van der Waals surface area contributed by atoms with E-state index in [0.29, 0.717) is 13.0 Å². The van der Waals surface area contributed by atoms with Crippen LogP contribution in [0.1, 0.15) is 240 Å². The summed E-state index contributed by atoms with van der Waals surface area (Å²) in [6.45, 7) is 7.98. The lowest BCUT2D eigenvalue weighted by Crippen LogP contribution is -2.66. The van der Waals surface area contributed by atoms with E-state index in [1.807, 2.05) is 0 Å². The molecule has 1 amide bonds. The van der Waals surface area contributed by atoms with E-state index in [-0.39, 0.29) is 5.91 Å². The third kappa shape index (κ3) is 26.8. The standard InChI is InChI=1S/C48H89NO9/c1-6-8-10-12-14-16-18-20-22-24-26-28-30-32-34-36-38-49(44(54)37-35-33-31-29-27-25-23-21-19-17-15-13-11-9-7-2)48-47(57-42(5)53)46(56-41(4)52)45(55-40(3)51)43(39-50)58-48/h43,45-48,50H,6-39H2,1-5H3/t43-,45-,46+,47-,48-/m1/s1. The van der Waals surface area contributed by atoms with Gasteiger partial charge in [0.25, 0.3) is 0 Å². The molecule has 0 spiro atoms. The van der Waals surface area contributed by atoms with Crippen LogP contribution in [0.25, 0.3) is 0 Å². The van der Waals surface area contributed by atoms with Gasteiger partial charge in [0.15, 0.2) is 24.5 Å². The second-order valence-corrected chi connectivity index (χ2v) is 17.1. The summed E-state index contributed by atoms with van der Waals surface area (Å²) in [5, 5.41) is 10.3. The molecule has 0 aromatic rings. The van der Waals surface area contributed by atoms with Crippen LogP contribution in [0.3, 0.4) is 0 Å². The Morgan fingerprint density at radius 1 is 0.448 bits per heavy atom. The molecule has 0 aromatic heterocycles. The Labute approximate surface area is 355 Å². The average molecular weight is 824 g/mol. The lowest BCUT2D eigenvalue weighted by atomic mass is 9.96. The fourth-order valence-corrected chi connectivity index (χ4v) is 8.28. The maximum atomic E-state index is 14.0. The van der Waals surface area contributed by atoms with E-state index in [0.717, 1.165) is 51.4 Å². The molecule has 10 nitrogen and oxygen atoms in total. The van der Waals surface area contributed by atoms with Crippen LogP contribution in [-0.2, 0) is 38.1 Å². The largest absolute Gasteiger partial charge is 0.456 e. The number of rotatable bonds is 38. The van der Waals surface area contributed by atoms with Crippen LogP contribution in [0.2, 0.25) is 0 Å². The van der Waals surface area contributed by atoms with Crippen LogP contribution < -0.4 is 0 Å². The summed E-state index contributed by atoms with van der Waals surface area (Å²) in [7, 11) is 0. The summed E-state index contributed by atoms with van der Waals surface area (Å²) in [4.78, 5) is 52.4. The summed E-state index contributed by atoms with van der Waals surface area (Å²) < 4.78 is 23.1. The Hall–Kier alpha value is -2.20. The maximum absolute atomic E-state index is 14.0. The lowest BCUT2D eigenvalue weighted by Gasteiger charge is -2.47. The smallest absolute Gasteiger partial charge is 0.303 e. The first-order chi connectivity index (χ1) is 28.2. The highest BCUT2D eigenvalue weighted by molar-refractivity contribution is 5.76. The van der Waals surface area contributed by atoms with E-state index in [4.69, 9.17) is 18.9 Å². The number of unbranched alkanes of at least 4 members (excludes halogenated alkanes) is 29. The van der Waals surface area contributed by atoms with Crippen LogP contribution in [0.4, 0.5) is 0 Å². The van der Waals surface area contributed by atoms with Gasteiger partial charge in [0, 0.05) is 33.7 Å². The molecular formula is C48H89NO9. The van der Waals surface area contributed by atoms with Crippen molar-refractivity contribution in [3.05, 3.63) is 0 Å². The number of esters is 3. The summed E-state index contributed by atoms with van der Waals surface area (Å²) >= 11 is 0. The molecule has 1 aliphatic rings. The van der Waals surface area contributed by atoms with Crippen molar-refractivity contribution >= 4 is 23.8 Å². The topological polar surface area (TPSA) is 129 Å². The van der Waals surface area contributed by atoms with Crippen molar-refractivity contribution in [3.63, 3.8) is 0 Å². The van der Waals surface area contributed by atoms with Gasteiger partial charge in [0.05, 0.1) is 6.61 Å². The molecule has 10 heteroatoms. The molecule has 0 bridgehead atoms. The van der Waals surface area contributed by atoms with Gasteiger partial charge in [-0.05, 0) is 12.8 Å². The van der Waals surface area contributed by atoms with E-state index >= 15 is 0 Å². The first kappa shape index (κ1) is 53.8. The van der Waals surface area contributed by atoms with Crippen molar-refractivity contribution < 1.29 is 43.2 Å². The zero-order chi connectivity index (χ0) is 42.6. The van der Waals surface area contributed by atoms with Gasteiger partial charge in [-0.15, -0.1) is 0 Å². The molecule has 1 N–H and O–H groups in total. The molecule has 1 heterocycles. The zero-order valence-corrected chi connectivity index (χ0v) is 38.1. The summed E-state index contributed by atoms with van der Waals surface area (Å²) in [6.07, 6.45) is 32.6. The Morgan fingerprint density at radius 3 is 1.10 bits per heavy atom. The van der Waals surface area contributed by atoms with Gasteiger partial charge in [-0.2, -0.15) is 0 Å². The number of aliphatic hydroxyl groups excluding tert-OH is 1. The Bertz CT molecular complexity index is 1040. The summed E-state index contributed by atoms with van der Waals surface area (Å²) in [5.74, 6) is -2.14. The fourth-order valence-electron chi connectivity index (χ4n) is 8.28. The summed E-state index contributed by atoms with van der Waals surface area (Å²) in [5.41, 5.74) is 0. The number of carbonyl (C=O) groups excluding carboxylic acids is 4. The number of hydrogen-bond acceptors (Lipinski definition) is 9. The normalized spacial score (nSPS) is 19.2. The predicted molar refractivity (Wildman–Crippen MR) is 233 cm³/mol.